The van der Waals surface area contributed by atoms with Gasteiger partial charge in [0.1, 0.15) is 11.5 Å². The molecule has 3 heterocycles. The van der Waals surface area contributed by atoms with Gasteiger partial charge >= 0.3 is 0 Å². The van der Waals surface area contributed by atoms with Crippen molar-refractivity contribution in [1.29, 1.82) is 0 Å². The van der Waals surface area contributed by atoms with E-state index in [1.807, 2.05) is 0 Å². The molecule has 172 valence electrons. The molecule has 0 spiro atoms. The van der Waals surface area contributed by atoms with Gasteiger partial charge in [-0.05, 0) is 62.3 Å². The van der Waals surface area contributed by atoms with E-state index in [2.05, 4.69) is 20.4 Å². The first-order valence-electron chi connectivity index (χ1n) is 11.1. The Morgan fingerprint density at radius 2 is 1.22 bits per heavy atom. The fourth-order valence-corrected chi connectivity index (χ4v) is 3.47. The molecule has 0 unspecified atom stereocenters. The Hall–Kier alpha value is -3.10. The van der Waals surface area contributed by atoms with Crippen LogP contribution in [0.15, 0.2) is 57.8 Å². The van der Waals surface area contributed by atoms with Gasteiger partial charge in [0, 0.05) is 51.4 Å². The largest absolute Gasteiger partial charge is 0.465 e. The summed E-state index contributed by atoms with van der Waals surface area (Å²) in [4.78, 5) is 28.5. The number of nitrogens with one attached hydrogen (secondary N) is 2. The monoisotopic (exact) mass is 440 g/mol. The molecule has 0 atom stereocenters. The minimum atomic E-state index is -0.102. The predicted octanol–water partition coefficient (Wildman–Crippen LogP) is 2.23. The third-order valence-corrected chi connectivity index (χ3v) is 5.25. The van der Waals surface area contributed by atoms with Gasteiger partial charge in [-0.15, -0.1) is 0 Å². The van der Waals surface area contributed by atoms with Gasteiger partial charge < -0.3 is 29.3 Å². The van der Waals surface area contributed by atoms with E-state index in [9.17, 15) is 9.59 Å². The summed E-state index contributed by atoms with van der Waals surface area (Å²) in [7, 11) is 0. The average Bonchev–Trinajstić information content (AvgIpc) is 3.52. The molecular formula is C24H32N4O4. The second kappa shape index (κ2) is 13.3. The van der Waals surface area contributed by atoms with Crippen LogP contribution >= 0.6 is 0 Å². The van der Waals surface area contributed by atoms with E-state index in [0.717, 1.165) is 52.1 Å². The van der Waals surface area contributed by atoms with Crippen LogP contribution in [-0.2, 0) is 9.59 Å². The van der Waals surface area contributed by atoms with Crippen molar-refractivity contribution < 1.29 is 18.4 Å². The summed E-state index contributed by atoms with van der Waals surface area (Å²) < 4.78 is 10.3. The standard InChI is InChI=1S/C24H32N4O4/c29-23(9-7-21-5-1-19-31-21)25-11-3-13-27-15-17-28(18-16-27)14-4-12-26-24(30)10-8-22-6-2-20-32-22/h1-2,5-10,19-20H,3-4,11-18H2,(H,25,29)(H,26,30)/b9-7+,10-8+. The number of furan rings is 2. The highest BCUT2D eigenvalue weighted by Crippen LogP contribution is 2.04. The second-order valence-electron chi connectivity index (χ2n) is 7.67. The van der Waals surface area contributed by atoms with Crippen LogP contribution in [-0.4, -0.2) is 74.0 Å². The van der Waals surface area contributed by atoms with Crippen LogP contribution in [0.5, 0.6) is 0 Å². The zero-order valence-corrected chi connectivity index (χ0v) is 18.4. The maximum atomic E-state index is 11.8. The summed E-state index contributed by atoms with van der Waals surface area (Å²) in [6.45, 7) is 7.41. The van der Waals surface area contributed by atoms with Crippen molar-refractivity contribution in [2.75, 3.05) is 52.4 Å². The number of piperazine rings is 1. The molecular weight excluding hydrogens is 408 g/mol. The Labute approximate surface area is 188 Å². The molecule has 3 rings (SSSR count). The quantitative estimate of drug-likeness (QED) is 0.389. The fraction of sp³-hybridized carbons (Fsp3) is 0.417. The zero-order chi connectivity index (χ0) is 22.4. The normalized spacial score (nSPS) is 15.5. The Kier molecular flexibility index (Phi) is 9.82. The Balaban J connectivity index is 1.17. The first-order chi connectivity index (χ1) is 15.7. The highest BCUT2D eigenvalue weighted by molar-refractivity contribution is 5.91. The van der Waals surface area contributed by atoms with Crippen LogP contribution in [0.4, 0.5) is 0 Å². The first kappa shape index (κ1) is 23.6. The van der Waals surface area contributed by atoms with Crippen molar-refractivity contribution in [3.05, 3.63) is 60.5 Å². The molecule has 0 bridgehead atoms. The van der Waals surface area contributed by atoms with E-state index in [4.69, 9.17) is 8.83 Å². The number of amides is 2. The lowest BCUT2D eigenvalue weighted by Gasteiger charge is -2.34. The Bertz CT molecular complexity index is 778. The van der Waals surface area contributed by atoms with Gasteiger partial charge in [-0.25, -0.2) is 0 Å². The lowest BCUT2D eigenvalue weighted by atomic mass is 10.2. The van der Waals surface area contributed by atoms with Gasteiger partial charge in [0.25, 0.3) is 0 Å². The molecule has 1 aliphatic rings. The van der Waals surface area contributed by atoms with E-state index < -0.39 is 0 Å². The van der Waals surface area contributed by atoms with Crippen molar-refractivity contribution >= 4 is 24.0 Å². The lowest BCUT2D eigenvalue weighted by Crippen LogP contribution is -2.47. The molecule has 8 heteroatoms. The number of hydrogen-bond acceptors (Lipinski definition) is 6. The molecule has 2 aromatic heterocycles. The number of carbonyl (C=O) groups excluding carboxylic acids is 2. The summed E-state index contributed by atoms with van der Waals surface area (Å²) in [6.07, 6.45) is 11.3. The SMILES string of the molecule is O=C(/C=C/c1ccco1)NCCCN1CCN(CCCNC(=O)/C=C/c2ccco2)CC1. The zero-order valence-electron chi connectivity index (χ0n) is 18.4. The maximum absolute atomic E-state index is 11.8. The van der Waals surface area contributed by atoms with Crippen LogP contribution in [0.3, 0.4) is 0 Å². The molecule has 32 heavy (non-hydrogen) atoms. The lowest BCUT2D eigenvalue weighted by molar-refractivity contribution is -0.117. The summed E-state index contributed by atoms with van der Waals surface area (Å²) in [5, 5.41) is 5.81. The van der Waals surface area contributed by atoms with Gasteiger partial charge in [0.15, 0.2) is 0 Å². The number of nitrogens with zero attached hydrogens (tertiary/aromatic N) is 2. The summed E-state index contributed by atoms with van der Waals surface area (Å²) in [5.74, 6) is 1.13. The molecule has 1 fully saturated rings. The van der Waals surface area contributed by atoms with E-state index in [-0.39, 0.29) is 11.8 Å². The topological polar surface area (TPSA) is 91.0 Å². The first-order valence-corrected chi connectivity index (χ1v) is 11.1. The molecule has 2 aromatic rings. The third kappa shape index (κ3) is 8.95. The second-order valence-corrected chi connectivity index (χ2v) is 7.67. The van der Waals surface area contributed by atoms with E-state index in [1.165, 1.54) is 12.2 Å². The van der Waals surface area contributed by atoms with Crippen LogP contribution in [0, 0.1) is 0 Å². The highest BCUT2D eigenvalue weighted by Gasteiger charge is 2.15. The molecule has 2 amide bonds. The van der Waals surface area contributed by atoms with Gasteiger partial charge in [-0.1, -0.05) is 0 Å². The number of carbonyl (C=O) groups is 2. The highest BCUT2D eigenvalue weighted by atomic mass is 16.3. The smallest absolute Gasteiger partial charge is 0.244 e. The molecule has 8 nitrogen and oxygen atoms in total. The van der Waals surface area contributed by atoms with Gasteiger partial charge in [-0.2, -0.15) is 0 Å². The number of rotatable bonds is 12. The molecule has 0 aromatic carbocycles. The average molecular weight is 441 g/mol. The van der Waals surface area contributed by atoms with Crippen molar-refractivity contribution in [2.24, 2.45) is 0 Å². The van der Waals surface area contributed by atoms with Crippen molar-refractivity contribution in [2.45, 2.75) is 12.8 Å². The fourth-order valence-electron chi connectivity index (χ4n) is 3.47. The van der Waals surface area contributed by atoms with Crippen LogP contribution in [0.2, 0.25) is 0 Å². The molecule has 0 radical (unpaired) electrons. The Morgan fingerprint density at radius 3 is 1.59 bits per heavy atom. The van der Waals surface area contributed by atoms with Crippen LogP contribution < -0.4 is 10.6 Å². The summed E-state index contributed by atoms with van der Waals surface area (Å²) >= 11 is 0. The molecule has 1 aliphatic heterocycles. The minimum absolute atomic E-state index is 0.102. The van der Waals surface area contributed by atoms with Gasteiger partial charge in [-0.3, -0.25) is 9.59 Å². The van der Waals surface area contributed by atoms with E-state index >= 15 is 0 Å². The van der Waals surface area contributed by atoms with Crippen molar-refractivity contribution in [1.82, 2.24) is 20.4 Å². The van der Waals surface area contributed by atoms with Crippen molar-refractivity contribution in [3.8, 4) is 0 Å². The van der Waals surface area contributed by atoms with E-state index in [0.29, 0.717) is 24.6 Å². The summed E-state index contributed by atoms with van der Waals surface area (Å²) in [6, 6.07) is 7.19. The Morgan fingerprint density at radius 1 is 0.781 bits per heavy atom. The molecule has 0 aliphatic carbocycles. The van der Waals surface area contributed by atoms with Crippen LogP contribution in [0.1, 0.15) is 24.4 Å². The third-order valence-electron chi connectivity index (χ3n) is 5.25. The number of hydrogen-bond donors (Lipinski definition) is 2. The minimum Gasteiger partial charge on any atom is -0.465 e. The molecule has 1 saturated heterocycles. The molecule has 2 N–H and O–H groups in total. The van der Waals surface area contributed by atoms with Gasteiger partial charge in [0.2, 0.25) is 11.8 Å². The van der Waals surface area contributed by atoms with E-state index in [1.54, 1.807) is 48.9 Å². The van der Waals surface area contributed by atoms with Crippen molar-refractivity contribution in [3.63, 3.8) is 0 Å². The maximum Gasteiger partial charge on any atom is 0.244 e. The van der Waals surface area contributed by atoms with Crippen LogP contribution in [0.25, 0.3) is 12.2 Å². The summed E-state index contributed by atoms with van der Waals surface area (Å²) in [5.41, 5.74) is 0. The molecule has 0 saturated carbocycles. The predicted molar refractivity (Wildman–Crippen MR) is 124 cm³/mol. The van der Waals surface area contributed by atoms with Gasteiger partial charge in [0.05, 0.1) is 12.5 Å².